The van der Waals surface area contributed by atoms with E-state index < -0.39 is 29.5 Å². The number of aliphatic imine (C=N–C) groups is 1. The summed E-state index contributed by atoms with van der Waals surface area (Å²) in [5.41, 5.74) is 1.53. The highest BCUT2D eigenvalue weighted by molar-refractivity contribution is 6.23. The Morgan fingerprint density at radius 2 is 1.74 bits per heavy atom. The van der Waals surface area contributed by atoms with Crippen molar-refractivity contribution in [1.29, 1.82) is 0 Å². The van der Waals surface area contributed by atoms with Gasteiger partial charge in [0.1, 0.15) is 11.7 Å². The Morgan fingerprint density at radius 3 is 2.37 bits per heavy atom. The average Bonchev–Trinajstić information content (AvgIpc) is 3.42. The molecule has 0 N–H and O–H groups in total. The molecule has 0 aliphatic carbocycles. The van der Waals surface area contributed by atoms with Gasteiger partial charge in [0.2, 0.25) is 11.8 Å². The molecule has 0 spiro atoms. The van der Waals surface area contributed by atoms with E-state index in [1.807, 2.05) is 12.1 Å². The average molecular weight is 520 g/mol. The van der Waals surface area contributed by atoms with Gasteiger partial charge in [-0.2, -0.15) is 13.2 Å². The number of hydrogen-bond acceptors (Lipinski definition) is 4. The first kappa shape index (κ1) is 25.3. The number of likely N-dealkylation sites (N-methyl/N-ethyl adjacent to an activating group) is 1. The molecular formula is C29H24F3N3O3. The van der Waals surface area contributed by atoms with Crippen molar-refractivity contribution in [3.05, 3.63) is 89.5 Å². The van der Waals surface area contributed by atoms with E-state index in [-0.39, 0.29) is 17.9 Å². The Kier molecular flexibility index (Phi) is 6.52. The first-order valence-corrected chi connectivity index (χ1v) is 12.0. The van der Waals surface area contributed by atoms with Gasteiger partial charge in [0, 0.05) is 24.0 Å². The molecule has 194 valence electrons. The van der Waals surface area contributed by atoms with E-state index in [4.69, 9.17) is 4.74 Å². The summed E-state index contributed by atoms with van der Waals surface area (Å²) >= 11 is 0. The van der Waals surface area contributed by atoms with Crippen molar-refractivity contribution in [1.82, 2.24) is 0 Å². The number of methoxy groups -OCH3 is 1. The van der Waals surface area contributed by atoms with Gasteiger partial charge in [-0.3, -0.25) is 19.5 Å². The zero-order chi connectivity index (χ0) is 27.0. The van der Waals surface area contributed by atoms with Crippen LogP contribution in [0.5, 0.6) is 5.75 Å². The lowest BCUT2D eigenvalue weighted by atomic mass is 9.91. The molecule has 38 heavy (non-hydrogen) atoms. The van der Waals surface area contributed by atoms with Crippen LogP contribution in [0, 0.1) is 0 Å². The van der Waals surface area contributed by atoms with Crippen LogP contribution >= 0.6 is 0 Å². The molecule has 0 saturated heterocycles. The third kappa shape index (κ3) is 4.34. The standard InChI is InChI=1S/C29H24F3N3O3/c1-3-34-23-11-10-20(29(30,31)32)16-24(23)35(21-7-5-4-6-8-21)28(37)26(27(34)36)22-15-18(9-12-25(22)38-2)19-13-14-33-17-19/h4-13,15-17,26H,3,14H2,1-2H3. The number of benzene rings is 3. The normalized spacial score (nSPS) is 17.4. The lowest BCUT2D eigenvalue weighted by Crippen LogP contribution is -2.39. The number of amides is 2. The molecule has 1 unspecified atom stereocenters. The Morgan fingerprint density at radius 1 is 0.974 bits per heavy atom. The molecule has 2 amide bonds. The quantitative estimate of drug-likeness (QED) is 0.389. The second kappa shape index (κ2) is 9.81. The van der Waals surface area contributed by atoms with E-state index in [0.29, 0.717) is 23.5 Å². The molecule has 0 bridgehead atoms. The van der Waals surface area contributed by atoms with Gasteiger partial charge < -0.3 is 9.64 Å². The molecule has 2 aliphatic heterocycles. The maximum atomic E-state index is 14.3. The number of fused-ring (bicyclic) bond motifs is 1. The maximum absolute atomic E-state index is 14.3. The lowest BCUT2D eigenvalue weighted by molar-refractivity contribution is -0.137. The molecule has 2 heterocycles. The van der Waals surface area contributed by atoms with E-state index in [9.17, 15) is 22.8 Å². The predicted octanol–water partition coefficient (Wildman–Crippen LogP) is 6.00. The summed E-state index contributed by atoms with van der Waals surface area (Å²) in [7, 11) is 1.44. The number of halogens is 3. The molecule has 0 fully saturated rings. The first-order chi connectivity index (χ1) is 18.2. The molecule has 1 atom stereocenters. The van der Waals surface area contributed by atoms with E-state index in [1.165, 1.54) is 23.0 Å². The van der Waals surface area contributed by atoms with Crippen molar-refractivity contribution in [3.8, 4) is 5.75 Å². The Labute approximate surface area is 217 Å². The van der Waals surface area contributed by atoms with Gasteiger partial charge in [-0.1, -0.05) is 30.3 Å². The number of para-hydroxylation sites is 1. The smallest absolute Gasteiger partial charge is 0.416 e. The zero-order valence-electron chi connectivity index (χ0n) is 20.7. The van der Waals surface area contributed by atoms with Crippen LogP contribution in [0.4, 0.5) is 30.2 Å². The molecule has 6 nitrogen and oxygen atoms in total. The minimum absolute atomic E-state index is 0.0190. The SMILES string of the molecule is CCN1C(=O)C(c2cc(C3=CCN=C3)ccc2OC)C(=O)N(c2ccccc2)c2cc(C(F)(F)F)ccc21. The number of hydrogen-bond donors (Lipinski definition) is 0. The second-order valence-electron chi connectivity index (χ2n) is 8.84. The van der Waals surface area contributed by atoms with E-state index >= 15 is 0 Å². The topological polar surface area (TPSA) is 62.2 Å². The highest BCUT2D eigenvalue weighted by Gasteiger charge is 2.44. The molecular weight excluding hydrogens is 495 g/mol. The van der Waals surface area contributed by atoms with E-state index in [2.05, 4.69) is 4.99 Å². The second-order valence-corrected chi connectivity index (χ2v) is 8.84. The van der Waals surface area contributed by atoms with Gasteiger partial charge >= 0.3 is 6.18 Å². The number of ether oxygens (including phenoxy) is 1. The van der Waals surface area contributed by atoms with Gasteiger partial charge in [-0.15, -0.1) is 0 Å². The Hall–Kier alpha value is -4.40. The van der Waals surface area contributed by atoms with Crippen molar-refractivity contribution < 1.29 is 27.5 Å². The van der Waals surface area contributed by atoms with Crippen LogP contribution in [-0.2, 0) is 15.8 Å². The molecule has 0 radical (unpaired) electrons. The maximum Gasteiger partial charge on any atom is 0.416 e. The molecule has 3 aromatic carbocycles. The summed E-state index contributed by atoms with van der Waals surface area (Å²) in [6.07, 6.45) is -1.00. The fourth-order valence-corrected chi connectivity index (χ4v) is 4.86. The summed E-state index contributed by atoms with van der Waals surface area (Å²) in [4.78, 5) is 35.2. The highest BCUT2D eigenvalue weighted by atomic mass is 19.4. The summed E-state index contributed by atoms with van der Waals surface area (Å²) in [5, 5.41) is 0. The first-order valence-electron chi connectivity index (χ1n) is 12.0. The highest BCUT2D eigenvalue weighted by Crippen LogP contribution is 2.45. The van der Waals surface area contributed by atoms with Gasteiger partial charge in [0.05, 0.1) is 30.6 Å². The van der Waals surface area contributed by atoms with Crippen LogP contribution in [-0.4, -0.2) is 38.2 Å². The molecule has 5 rings (SSSR count). The van der Waals surface area contributed by atoms with Crippen molar-refractivity contribution in [2.24, 2.45) is 4.99 Å². The monoisotopic (exact) mass is 519 g/mol. The molecule has 2 aliphatic rings. The number of anilines is 3. The fraction of sp³-hybridized carbons (Fsp3) is 0.207. The molecule has 9 heteroatoms. The molecule has 0 saturated carbocycles. The third-order valence-corrected chi connectivity index (χ3v) is 6.67. The third-order valence-electron chi connectivity index (χ3n) is 6.67. The summed E-state index contributed by atoms with van der Waals surface area (Å²) in [6, 6.07) is 16.7. The van der Waals surface area contributed by atoms with Gasteiger partial charge in [-0.25, -0.2) is 0 Å². The number of allylic oxidation sites excluding steroid dienone is 1. The lowest BCUT2D eigenvalue weighted by Gasteiger charge is -2.26. The Balaban J connectivity index is 1.76. The zero-order valence-corrected chi connectivity index (χ0v) is 20.7. The number of alkyl halides is 3. The molecule has 3 aromatic rings. The fourth-order valence-electron chi connectivity index (χ4n) is 4.86. The summed E-state index contributed by atoms with van der Waals surface area (Å²) < 4.78 is 46.8. The number of carbonyl (C=O) groups excluding carboxylic acids is 2. The summed E-state index contributed by atoms with van der Waals surface area (Å²) in [6.45, 7) is 2.39. The predicted molar refractivity (Wildman–Crippen MR) is 140 cm³/mol. The van der Waals surface area contributed by atoms with E-state index in [1.54, 1.807) is 55.6 Å². The number of carbonyl (C=O) groups is 2. The van der Waals surface area contributed by atoms with Crippen LogP contribution in [0.15, 0.2) is 77.8 Å². The van der Waals surface area contributed by atoms with Crippen molar-refractivity contribution in [3.63, 3.8) is 0 Å². The van der Waals surface area contributed by atoms with Gasteiger partial charge in [-0.05, 0) is 60.5 Å². The molecule has 0 aromatic heterocycles. The van der Waals surface area contributed by atoms with Crippen LogP contribution in [0.1, 0.15) is 29.5 Å². The van der Waals surface area contributed by atoms with Crippen LogP contribution in [0.25, 0.3) is 5.57 Å². The van der Waals surface area contributed by atoms with Crippen molar-refractivity contribution in [2.45, 2.75) is 19.0 Å². The van der Waals surface area contributed by atoms with E-state index in [0.717, 1.165) is 23.3 Å². The van der Waals surface area contributed by atoms with Crippen LogP contribution in [0.2, 0.25) is 0 Å². The van der Waals surface area contributed by atoms with Crippen LogP contribution in [0.3, 0.4) is 0 Å². The number of rotatable bonds is 5. The minimum atomic E-state index is -4.64. The Bertz CT molecular complexity index is 1460. The van der Waals surface area contributed by atoms with Crippen molar-refractivity contribution >= 4 is 40.7 Å². The largest absolute Gasteiger partial charge is 0.496 e. The van der Waals surface area contributed by atoms with Crippen molar-refractivity contribution in [2.75, 3.05) is 30.0 Å². The van der Waals surface area contributed by atoms with Gasteiger partial charge in [0.15, 0.2) is 0 Å². The van der Waals surface area contributed by atoms with Gasteiger partial charge in [0.25, 0.3) is 0 Å². The number of nitrogens with zero attached hydrogens (tertiary/aromatic N) is 3. The minimum Gasteiger partial charge on any atom is -0.496 e. The summed E-state index contributed by atoms with van der Waals surface area (Å²) in [5.74, 6) is -2.28. The van der Waals surface area contributed by atoms with Crippen LogP contribution < -0.4 is 14.5 Å².